The summed E-state index contributed by atoms with van der Waals surface area (Å²) in [6.45, 7) is 3.99. The van der Waals surface area contributed by atoms with Gasteiger partial charge in [-0.25, -0.2) is 13.5 Å². The van der Waals surface area contributed by atoms with Crippen LogP contribution in [0.2, 0.25) is 0 Å². The van der Waals surface area contributed by atoms with Gasteiger partial charge in [-0.3, -0.25) is 4.52 Å². The Balaban J connectivity index is 2.34. The Morgan fingerprint density at radius 3 is 2.52 bits per heavy atom. The van der Waals surface area contributed by atoms with Crippen LogP contribution in [-0.2, 0) is 18.0 Å². The summed E-state index contributed by atoms with van der Waals surface area (Å²) < 4.78 is 43.0. The van der Waals surface area contributed by atoms with Crippen LogP contribution in [0.25, 0.3) is 0 Å². The molecule has 0 saturated carbocycles. The second-order valence-corrected chi connectivity index (χ2v) is 8.67. The highest BCUT2D eigenvalue weighted by molar-refractivity contribution is 7.60. The Bertz CT molecular complexity index is 776. The van der Waals surface area contributed by atoms with Gasteiger partial charge in [-0.05, 0) is 44.9 Å². The first-order valence-electron chi connectivity index (χ1n) is 8.02. The predicted molar refractivity (Wildman–Crippen MR) is 101 cm³/mol. The summed E-state index contributed by atoms with van der Waals surface area (Å²) in [6.07, 6.45) is 4.92. The molecule has 27 heavy (non-hydrogen) atoms. The lowest BCUT2D eigenvalue weighted by molar-refractivity contribution is 0.191. The lowest BCUT2D eigenvalue weighted by Crippen LogP contribution is -2.02. The lowest BCUT2D eigenvalue weighted by Gasteiger charge is -2.11. The number of hydrogen-bond acceptors (Lipinski definition) is 5. The summed E-state index contributed by atoms with van der Waals surface area (Å²) in [5.74, 6) is -0.303. The molecule has 0 spiro atoms. The smallest absolute Gasteiger partial charge is 0.381 e. The normalized spacial score (nSPS) is 15.5. The molecule has 8 nitrogen and oxygen atoms in total. The van der Waals surface area contributed by atoms with Crippen LogP contribution in [0.5, 0.6) is 0 Å². The third kappa shape index (κ3) is 11.9. The van der Waals surface area contributed by atoms with Crippen LogP contribution in [0, 0.1) is 5.82 Å². The zero-order valence-corrected chi connectivity index (χ0v) is 16.8. The second-order valence-electron chi connectivity index (χ2n) is 5.84. The van der Waals surface area contributed by atoms with Crippen LogP contribution < -0.4 is 5.32 Å². The molecular weight excluding hydrogens is 399 g/mol. The number of allylic oxidation sites excluding steroid dienone is 2. The average Bonchev–Trinajstić information content (AvgIpc) is 2.50. The van der Waals surface area contributed by atoms with Gasteiger partial charge in [0.2, 0.25) is 0 Å². The number of hydrogen-bond donors (Lipinski definition) is 4. The van der Waals surface area contributed by atoms with Gasteiger partial charge in [0, 0.05) is 12.2 Å². The third-order valence-corrected chi connectivity index (χ3v) is 5.46. The molecule has 0 saturated heterocycles. The molecule has 1 aromatic rings. The average molecular weight is 423 g/mol. The second kappa shape index (κ2) is 10.9. The van der Waals surface area contributed by atoms with Crippen molar-refractivity contribution >= 4 is 21.3 Å². The van der Waals surface area contributed by atoms with Crippen molar-refractivity contribution in [2.45, 2.75) is 26.7 Å². The van der Waals surface area contributed by atoms with E-state index in [0.29, 0.717) is 18.7 Å². The highest BCUT2D eigenvalue weighted by Crippen LogP contribution is 2.57. The molecule has 0 fully saturated rings. The quantitative estimate of drug-likeness (QED) is 0.309. The van der Waals surface area contributed by atoms with Crippen LogP contribution in [-0.4, -0.2) is 27.8 Å². The van der Waals surface area contributed by atoms with Crippen LogP contribution in [0.1, 0.15) is 26.7 Å². The van der Waals surface area contributed by atoms with Crippen molar-refractivity contribution in [3.05, 3.63) is 53.4 Å². The Morgan fingerprint density at radius 1 is 1.19 bits per heavy atom. The minimum absolute atomic E-state index is 0.303. The largest absolute Gasteiger partial charge is 0.481 e. The van der Waals surface area contributed by atoms with Crippen molar-refractivity contribution in [3.8, 4) is 0 Å². The third-order valence-electron chi connectivity index (χ3n) is 3.31. The zero-order valence-electron chi connectivity index (χ0n) is 15.0. The summed E-state index contributed by atoms with van der Waals surface area (Å²) in [6, 6.07) is 6.19. The van der Waals surface area contributed by atoms with Crippen LogP contribution in [0.15, 0.2) is 47.6 Å². The fraction of sp³-hybridized carbons (Fsp3) is 0.375. The summed E-state index contributed by atoms with van der Waals surface area (Å²) in [5, 5.41) is 3.11. The molecule has 0 heterocycles. The maximum Gasteiger partial charge on any atom is 0.481 e. The van der Waals surface area contributed by atoms with E-state index in [4.69, 9.17) is 14.7 Å². The number of benzene rings is 1. The van der Waals surface area contributed by atoms with Gasteiger partial charge in [0.1, 0.15) is 5.82 Å². The van der Waals surface area contributed by atoms with E-state index < -0.39 is 15.6 Å². The molecular formula is C16H24FNO7P2. The Kier molecular flexibility index (Phi) is 9.56. The minimum atomic E-state index is -5.10. The maximum atomic E-state index is 13.1. The van der Waals surface area contributed by atoms with Crippen molar-refractivity contribution in [1.29, 1.82) is 0 Å². The predicted octanol–water partition coefficient (Wildman–Crippen LogP) is 4.14. The van der Waals surface area contributed by atoms with E-state index in [9.17, 15) is 13.5 Å². The molecule has 152 valence electrons. The van der Waals surface area contributed by atoms with Crippen molar-refractivity contribution < 1.29 is 37.0 Å². The van der Waals surface area contributed by atoms with E-state index in [2.05, 4.69) is 14.2 Å². The van der Waals surface area contributed by atoms with Crippen LogP contribution in [0.4, 0.5) is 10.1 Å². The van der Waals surface area contributed by atoms with Crippen molar-refractivity contribution in [2.24, 2.45) is 0 Å². The molecule has 1 aromatic carbocycles. The van der Waals surface area contributed by atoms with E-state index in [1.807, 2.05) is 13.0 Å². The molecule has 0 amide bonds. The monoisotopic (exact) mass is 423 g/mol. The first kappa shape index (κ1) is 23.7. The molecule has 0 radical (unpaired) electrons. The van der Waals surface area contributed by atoms with Gasteiger partial charge in [-0.1, -0.05) is 29.4 Å². The van der Waals surface area contributed by atoms with Gasteiger partial charge in [0.25, 0.3) is 0 Å². The van der Waals surface area contributed by atoms with Crippen molar-refractivity contribution in [3.63, 3.8) is 0 Å². The molecule has 11 heteroatoms. The first-order chi connectivity index (χ1) is 12.5. The van der Waals surface area contributed by atoms with Crippen molar-refractivity contribution in [1.82, 2.24) is 0 Å². The summed E-state index contributed by atoms with van der Waals surface area (Å²) in [5.41, 5.74) is 2.63. The number of nitrogens with one attached hydrogen (secondary N) is 1. The van der Waals surface area contributed by atoms with Gasteiger partial charge in [0.05, 0.1) is 6.61 Å². The van der Waals surface area contributed by atoms with E-state index in [1.165, 1.54) is 18.2 Å². The fourth-order valence-electron chi connectivity index (χ4n) is 1.99. The fourth-order valence-corrected chi connectivity index (χ4v) is 3.52. The van der Waals surface area contributed by atoms with Crippen LogP contribution in [0.3, 0.4) is 0 Å². The summed E-state index contributed by atoms with van der Waals surface area (Å²) in [7, 11) is -9.91. The van der Waals surface area contributed by atoms with E-state index in [1.54, 1.807) is 19.1 Å². The topological polar surface area (TPSA) is 125 Å². The number of anilines is 1. The van der Waals surface area contributed by atoms with Gasteiger partial charge < -0.3 is 20.0 Å². The molecule has 0 aromatic heterocycles. The molecule has 1 rings (SSSR count). The van der Waals surface area contributed by atoms with Gasteiger partial charge >= 0.3 is 15.6 Å². The summed E-state index contributed by atoms with van der Waals surface area (Å²) >= 11 is 0. The number of halogens is 1. The molecule has 0 aliphatic heterocycles. The highest BCUT2D eigenvalue weighted by atomic mass is 31.3. The molecule has 1 atom stereocenters. The Hall–Kier alpha value is -1.31. The molecule has 4 N–H and O–H groups in total. The highest BCUT2D eigenvalue weighted by Gasteiger charge is 2.31. The van der Waals surface area contributed by atoms with Gasteiger partial charge in [0.15, 0.2) is 0 Å². The maximum absolute atomic E-state index is 13.1. The lowest BCUT2D eigenvalue weighted by atomic mass is 10.1. The Morgan fingerprint density at radius 2 is 1.89 bits per heavy atom. The summed E-state index contributed by atoms with van der Waals surface area (Å²) in [4.78, 5) is 26.1. The zero-order chi connectivity index (χ0) is 20.5. The van der Waals surface area contributed by atoms with Gasteiger partial charge in [-0.15, -0.1) is 0 Å². The first-order valence-corrected chi connectivity index (χ1v) is 11.0. The van der Waals surface area contributed by atoms with E-state index >= 15 is 0 Å². The number of rotatable bonds is 11. The van der Waals surface area contributed by atoms with Gasteiger partial charge in [-0.2, -0.15) is 4.31 Å². The minimum Gasteiger partial charge on any atom is -0.381 e. The van der Waals surface area contributed by atoms with E-state index in [0.717, 1.165) is 17.6 Å². The molecule has 0 aliphatic carbocycles. The molecule has 1 unspecified atom stereocenters. The number of phosphoric acid groups is 2. The SMILES string of the molecule is CC(=CCOP(=O)(O)OP(=O)(O)O)CCC=C(C)CNc1cccc(F)c1. The van der Waals surface area contributed by atoms with Crippen molar-refractivity contribution in [2.75, 3.05) is 18.5 Å². The molecule has 0 aliphatic rings. The van der Waals surface area contributed by atoms with E-state index in [-0.39, 0.29) is 12.4 Å². The molecule has 0 bridgehead atoms. The van der Waals surface area contributed by atoms with Crippen LogP contribution >= 0.6 is 15.6 Å². The Labute approximate surface area is 157 Å². The number of phosphoric ester groups is 1. The standard InChI is InChI=1S/C16H24FNO7P2/c1-13(9-10-24-27(22,23)25-26(19,20)21)5-3-6-14(2)12-18-16-8-4-7-15(17)11-16/h4,6-9,11,18H,3,5,10,12H2,1-2H3,(H,22,23)(H2,19,20,21).